The molecule has 2 unspecified atom stereocenters. The largest absolute Gasteiger partial charge is 0.493 e. The van der Waals surface area contributed by atoms with Gasteiger partial charge in [-0.25, -0.2) is 13.2 Å². The Hall–Kier alpha value is -2.40. The van der Waals surface area contributed by atoms with Gasteiger partial charge in [0.15, 0.2) is 5.82 Å². The van der Waals surface area contributed by atoms with Crippen molar-refractivity contribution in [1.29, 1.82) is 0 Å². The molecule has 1 aliphatic heterocycles. The number of rotatable bonds is 8. The Balaban J connectivity index is 1.31. The van der Waals surface area contributed by atoms with Crippen molar-refractivity contribution in [2.45, 2.75) is 83.4 Å². The van der Waals surface area contributed by atoms with Crippen molar-refractivity contribution in [2.24, 2.45) is 17.8 Å². The first-order valence-electron chi connectivity index (χ1n) is 13.6. The number of alkyl halides is 3. The van der Waals surface area contributed by atoms with Gasteiger partial charge in [-0.05, 0) is 80.2 Å². The fraction of sp³-hybridized carbons (Fsp3) is 0.600. The highest BCUT2D eigenvalue weighted by Crippen LogP contribution is 2.37. The maximum atomic E-state index is 14.7. The van der Waals surface area contributed by atoms with Crippen LogP contribution in [0.4, 0.5) is 26.3 Å². The summed E-state index contributed by atoms with van der Waals surface area (Å²) in [6.07, 6.45) is 6.83. The van der Waals surface area contributed by atoms with Gasteiger partial charge in [-0.3, -0.25) is 0 Å². The summed E-state index contributed by atoms with van der Waals surface area (Å²) in [5.41, 5.74) is -1.12. The zero-order valence-electron chi connectivity index (χ0n) is 21.6. The summed E-state index contributed by atoms with van der Waals surface area (Å²) in [7, 11) is 0. The van der Waals surface area contributed by atoms with Crippen LogP contribution < -0.4 is 4.74 Å². The minimum Gasteiger partial charge on any atom is -0.493 e. The molecule has 8 heteroatoms. The summed E-state index contributed by atoms with van der Waals surface area (Å²) in [6.45, 7) is 3.43. The number of ether oxygens (including phenoxy) is 2. The standard InChI is InChI=1S/C30H34F6O2/c1-2-3-4-5-19-8-11-27(38-18-19)21-9-6-20(7-10-21)17-37-23-14-22-15-25(31)24(12-13-30(34,35)36)29(33)28(22)26(32)16-23/h14-16,19-21,27H,2-11,17-18H2,1H3. The third kappa shape index (κ3) is 7.37. The average Bonchev–Trinajstić information content (AvgIpc) is 2.87. The fourth-order valence-corrected chi connectivity index (χ4v) is 5.77. The molecular weight excluding hydrogens is 506 g/mol. The quantitative estimate of drug-likeness (QED) is 0.189. The van der Waals surface area contributed by atoms with Gasteiger partial charge in [-0.2, -0.15) is 13.2 Å². The summed E-state index contributed by atoms with van der Waals surface area (Å²) in [4.78, 5) is 0. The molecule has 0 aromatic heterocycles. The van der Waals surface area contributed by atoms with Gasteiger partial charge in [0, 0.05) is 18.6 Å². The molecule has 2 nitrogen and oxygen atoms in total. The van der Waals surface area contributed by atoms with Gasteiger partial charge in [0.25, 0.3) is 0 Å². The van der Waals surface area contributed by atoms with Crippen molar-refractivity contribution in [2.75, 3.05) is 13.2 Å². The second-order valence-electron chi connectivity index (χ2n) is 10.7. The van der Waals surface area contributed by atoms with Gasteiger partial charge in [-0.15, -0.1) is 0 Å². The van der Waals surface area contributed by atoms with E-state index in [4.69, 9.17) is 9.47 Å². The van der Waals surface area contributed by atoms with E-state index >= 15 is 0 Å². The number of unbranched alkanes of at least 4 members (excludes halogenated alkanes) is 2. The Bertz CT molecular complexity index is 1150. The summed E-state index contributed by atoms with van der Waals surface area (Å²) in [5.74, 6) is 0.0841. The Morgan fingerprint density at radius 1 is 0.921 bits per heavy atom. The molecule has 1 saturated carbocycles. The molecule has 1 aliphatic carbocycles. The summed E-state index contributed by atoms with van der Waals surface area (Å²) >= 11 is 0. The van der Waals surface area contributed by atoms with E-state index in [9.17, 15) is 26.3 Å². The number of hydrogen-bond acceptors (Lipinski definition) is 2. The smallest absolute Gasteiger partial charge is 0.458 e. The van der Waals surface area contributed by atoms with Gasteiger partial charge in [0.2, 0.25) is 0 Å². The third-order valence-electron chi connectivity index (χ3n) is 7.91. The van der Waals surface area contributed by atoms with Gasteiger partial charge >= 0.3 is 6.18 Å². The second kappa shape index (κ2) is 12.6. The van der Waals surface area contributed by atoms with Crippen LogP contribution in [0.1, 0.15) is 76.7 Å². The Labute approximate surface area is 220 Å². The fourth-order valence-electron chi connectivity index (χ4n) is 5.77. The highest BCUT2D eigenvalue weighted by Gasteiger charge is 2.32. The van der Waals surface area contributed by atoms with E-state index in [1.807, 2.05) is 0 Å². The summed E-state index contributed by atoms with van der Waals surface area (Å²) in [6, 6.07) is 3.05. The Morgan fingerprint density at radius 2 is 1.66 bits per heavy atom. The van der Waals surface area contributed by atoms with E-state index in [1.165, 1.54) is 44.1 Å². The SMILES string of the molecule is CCCCCC1CCC(C2CCC(COc3cc(F)c4c(F)c(C#CC(F)(F)F)c(F)cc4c3)CC2)OC1. The lowest BCUT2D eigenvalue weighted by Gasteiger charge is -2.37. The van der Waals surface area contributed by atoms with Crippen molar-refractivity contribution >= 4 is 10.8 Å². The summed E-state index contributed by atoms with van der Waals surface area (Å²) in [5, 5.41) is -0.760. The zero-order chi connectivity index (χ0) is 27.3. The molecule has 2 aromatic carbocycles. The minimum atomic E-state index is -4.93. The van der Waals surface area contributed by atoms with Gasteiger partial charge < -0.3 is 9.47 Å². The van der Waals surface area contributed by atoms with E-state index < -0.39 is 34.6 Å². The predicted octanol–water partition coefficient (Wildman–Crippen LogP) is 8.73. The molecule has 0 bridgehead atoms. The van der Waals surface area contributed by atoms with E-state index in [2.05, 4.69) is 6.92 Å². The Morgan fingerprint density at radius 3 is 2.32 bits per heavy atom. The molecule has 2 fully saturated rings. The molecule has 1 heterocycles. The lowest BCUT2D eigenvalue weighted by Crippen LogP contribution is -2.34. The lowest BCUT2D eigenvalue weighted by atomic mass is 9.77. The van der Waals surface area contributed by atoms with Crippen LogP contribution in [-0.4, -0.2) is 25.5 Å². The number of benzene rings is 2. The maximum Gasteiger partial charge on any atom is 0.458 e. The van der Waals surface area contributed by atoms with Crippen molar-refractivity contribution in [1.82, 2.24) is 0 Å². The van der Waals surface area contributed by atoms with Gasteiger partial charge in [0.1, 0.15) is 17.4 Å². The molecule has 4 rings (SSSR count). The molecule has 0 radical (unpaired) electrons. The van der Waals surface area contributed by atoms with Crippen LogP contribution in [-0.2, 0) is 4.74 Å². The monoisotopic (exact) mass is 540 g/mol. The van der Waals surface area contributed by atoms with Gasteiger partial charge in [0.05, 0.1) is 23.7 Å². The zero-order valence-corrected chi connectivity index (χ0v) is 21.6. The first-order valence-corrected chi connectivity index (χ1v) is 13.6. The van der Waals surface area contributed by atoms with Crippen LogP contribution >= 0.6 is 0 Å². The molecular formula is C30H34F6O2. The molecule has 0 spiro atoms. The van der Waals surface area contributed by atoms with Crippen LogP contribution in [0.5, 0.6) is 5.75 Å². The molecule has 38 heavy (non-hydrogen) atoms. The van der Waals surface area contributed by atoms with Crippen LogP contribution in [0.3, 0.4) is 0 Å². The van der Waals surface area contributed by atoms with E-state index in [-0.39, 0.29) is 17.1 Å². The third-order valence-corrected chi connectivity index (χ3v) is 7.91. The summed E-state index contributed by atoms with van der Waals surface area (Å²) < 4.78 is 92.7. The van der Waals surface area contributed by atoms with Crippen LogP contribution in [0.2, 0.25) is 0 Å². The molecule has 2 aliphatic rings. The van der Waals surface area contributed by atoms with E-state index in [0.717, 1.165) is 56.8 Å². The van der Waals surface area contributed by atoms with Crippen LogP contribution in [0.25, 0.3) is 10.8 Å². The molecule has 208 valence electrons. The molecule has 0 amide bonds. The normalized spacial score (nSPS) is 24.2. The number of halogens is 6. The van der Waals surface area contributed by atoms with Crippen LogP contribution in [0.15, 0.2) is 18.2 Å². The predicted molar refractivity (Wildman–Crippen MR) is 134 cm³/mol. The van der Waals surface area contributed by atoms with Crippen LogP contribution in [0, 0.1) is 47.0 Å². The minimum absolute atomic E-state index is 0.120. The lowest BCUT2D eigenvalue weighted by molar-refractivity contribution is -0.0696. The molecule has 1 saturated heterocycles. The second-order valence-corrected chi connectivity index (χ2v) is 10.7. The van der Waals surface area contributed by atoms with E-state index in [1.54, 1.807) is 0 Å². The van der Waals surface area contributed by atoms with E-state index in [0.29, 0.717) is 24.5 Å². The van der Waals surface area contributed by atoms with Crippen molar-refractivity contribution in [3.05, 3.63) is 41.2 Å². The molecule has 2 atom stereocenters. The number of hydrogen-bond donors (Lipinski definition) is 0. The van der Waals surface area contributed by atoms with Crippen molar-refractivity contribution in [3.8, 4) is 17.6 Å². The number of fused-ring (bicyclic) bond motifs is 1. The van der Waals surface area contributed by atoms with Crippen molar-refractivity contribution in [3.63, 3.8) is 0 Å². The van der Waals surface area contributed by atoms with Crippen molar-refractivity contribution < 1.29 is 35.8 Å². The first-order chi connectivity index (χ1) is 18.1. The molecule has 0 N–H and O–H groups in total. The average molecular weight is 541 g/mol. The first kappa shape index (κ1) is 28.6. The molecule has 2 aromatic rings. The highest BCUT2D eigenvalue weighted by molar-refractivity contribution is 5.86. The maximum absolute atomic E-state index is 14.7. The highest BCUT2D eigenvalue weighted by atomic mass is 19.4. The Kier molecular flexibility index (Phi) is 9.51. The topological polar surface area (TPSA) is 18.5 Å². The van der Waals surface area contributed by atoms with Gasteiger partial charge in [-0.1, -0.05) is 32.1 Å².